The molecule has 1 aliphatic rings. The van der Waals surface area contributed by atoms with Crippen molar-refractivity contribution in [3.05, 3.63) is 24.0 Å². The zero-order chi connectivity index (χ0) is 12.6. The average Bonchev–Trinajstić information content (AvgIpc) is 2.65. The molecule has 1 saturated carbocycles. The van der Waals surface area contributed by atoms with Gasteiger partial charge in [0.1, 0.15) is 0 Å². The van der Waals surface area contributed by atoms with Crippen molar-refractivity contribution in [1.82, 2.24) is 10.3 Å². The molecule has 1 heterocycles. The van der Waals surface area contributed by atoms with E-state index in [9.17, 15) is 9.59 Å². The minimum atomic E-state index is -0.892. The minimum absolute atomic E-state index is 0.177. The van der Waals surface area contributed by atoms with Crippen LogP contribution in [0.2, 0.25) is 0 Å². The summed E-state index contributed by atoms with van der Waals surface area (Å²) in [4.78, 5) is 25.7. The van der Waals surface area contributed by atoms with Crippen LogP contribution in [0.1, 0.15) is 19.4 Å². The van der Waals surface area contributed by atoms with E-state index >= 15 is 0 Å². The number of hydrogen-bond donors (Lipinski definition) is 3. The van der Waals surface area contributed by atoms with Gasteiger partial charge < -0.3 is 15.4 Å². The molecule has 1 aromatic rings. The topological polar surface area (TPSA) is 82.2 Å². The van der Waals surface area contributed by atoms with Gasteiger partial charge in [-0.25, -0.2) is 0 Å². The lowest BCUT2D eigenvalue weighted by atomic mass is 10.1. The lowest BCUT2D eigenvalue weighted by Gasteiger charge is -2.04. The molecule has 1 fully saturated rings. The Balaban J connectivity index is 1.92. The fraction of sp³-hybridized carbons (Fsp3) is 0.500. The number of aromatic nitrogens is 1. The predicted octanol–water partition coefficient (Wildman–Crippen LogP) is 0.988. The molecule has 0 radical (unpaired) electrons. The van der Waals surface area contributed by atoms with Gasteiger partial charge in [0.25, 0.3) is 0 Å². The first kappa shape index (κ1) is 11.7. The number of nitrogens with one attached hydrogen (secondary N) is 2. The highest BCUT2D eigenvalue weighted by atomic mass is 16.4. The van der Waals surface area contributed by atoms with Gasteiger partial charge in [0.05, 0.1) is 11.8 Å². The molecule has 2 unspecified atom stereocenters. The second-order valence-electron chi connectivity index (χ2n) is 5.05. The summed E-state index contributed by atoms with van der Waals surface area (Å²) in [5.74, 6) is -2.05. The molecule has 92 valence electrons. The summed E-state index contributed by atoms with van der Waals surface area (Å²) < 4.78 is 0. The van der Waals surface area contributed by atoms with Gasteiger partial charge in [0.15, 0.2) is 0 Å². The molecular formula is C12H16N2O3. The highest BCUT2D eigenvalue weighted by molar-refractivity contribution is 5.91. The molecule has 1 amide bonds. The Morgan fingerprint density at radius 2 is 2.18 bits per heavy atom. The van der Waals surface area contributed by atoms with Crippen LogP contribution in [0.3, 0.4) is 0 Å². The lowest BCUT2D eigenvalue weighted by molar-refractivity contribution is -0.140. The van der Waals surface area contributed by atoms with E-state index < -0.39 is 23.2 Å². The third-order valence-electron chi connectivity index (χ3n) is 3.50. The number of H-pyrrole nitrogens is 1. The van der Waals surface area contributed by atoms with Gasteiger partial charge in [-0.2, -0.15) is 0 Å². The Morgan fingerprint density at radius 3 is 2.65 bits per heavy atom. The Morgan fingerprint density at radius 1 is 1.47 bits per heavy atom. The molecule has 0 saturated heterocycles. The van der Waals surface area contributed by atoms with Crippen molar-refractivity contribution >= 4 is 11.9 Å². The van der Waals surface area contributed by atoms with Crippen molar-refractivity contribution in [3.63, 3.8) is 0 Å². The lowest BCUT2D eigenvalue weighted by Crippen LogP contribution is -2.26. The first-order chi connectivity index (χ1) is 7.94. The maximum Gasteiger partial charge on any atom is 0.307 e. The van der Waals surface area contributed by atoms with Crippen LogP contribution >= 0.6 is 0 Å². The average molecular weight is 236 g/mol. The third kappa shape index (κ3) is 2.05. The molecule has 0 bridgehead atoms. The molecule has 3 N–H and O–H groups in total. The molecule has 0 aliphatic heterocycles. The first-order valence-corrected chi connectivity index (χ1v) is 5.57. The van der Waals surface area contributed by atoms with Crippen molar-refractivity contribution in [2.75, 3.05) is 0 Å². The van der Waals surface area contributed by atoms with Gasteiger partial charge in [-0.15, -0.1) is 0 Å². The number of amides is 1. The van der Waals surface area contributed by atoms with Crippen molar-refractivity contribution < 1.29 is 14.7 Å². The van der Waals surface area contributed by atoms with Crippen LogP contribution in [0, 0.1) is 17.3 Å². The van der Waals surface area contributed by atoms with E-state index in [1.54, 1.807) is 12.4 Å². The Kier molecular flexibility index (Phi) is 2.69. The smallest absolute Gasteiger partial charge is 0.307 e. The Bertz CT molecular complexity index is 437. The van der Waals surface area contributed by atoms with Crippen molar-refractivity contribution in [2.24, 2.45) is 17.3 Å². The fourth-order valence-corrected chi connectivity index (χ4v) is 2.36. The van der Waals surface area contributed by atoms with Gasteiger partial charge >= 0.3 is 5.97 Å². The number of aliphatic carboxylic acids is 1. The number of carbonyl (C=O) groups excluding carboxylic acids is 1. The number of carbonyl (C=O) groups is 2. The normalized spacial score (nSPS) is 25.3. The number of carboxylic acid groups (broad SMARTS) is 1. The fourth-order valence-electron chi connectivity index (χ4n) is 2.36. The van der Waals surface area contributed by atoms with Gasteiger partial charge in [-0.1, -0.05) is 13.8 Å². The first-order valence-electron chi connectivity index (χ1n) is 5.57. The third-order valence-corrected chi connectivity index (χ3v) is 3.50. The molecule has 2 rings (SSSR count). The van der Waals surface area contributed by atoms with Crippen LogP contribution in [-0.4, -0.2) is 22.0 Å². The van der Waals surface area contributed by atoms with Crippen molar-refractivity contribution in [3.8, 4) is 0 Å². The van der Waals surface area contributed by atoms with Gasteiger partial charge in [-0.05, 0) is 17.0 Å². The van der Waals surface area contributed by atoms with Crippen LogP contribution in [0.5, 0.6) is 0 Å². The highest BCUT2D eigenvalue weighted by Crippen LogP contribution is 2.58. The maximum atomic E-state index is 11.8. The summed E-state index contributed by atoms with van der Waals surface area (Å²) in [6.07, 6.45) is 3.58. The molecule has 17 heavy (non-hydrogen) atoms. The zero-order valence-corrected chi connectivity index (χ0v) is 9.86. The number of aromatic amines is 1. The number of rotatable bonds is 4. The molecule has 1 aromatic heterocycles. The van der Waals surface area contributed by atoms with E-state index in [1.165, 1.54) is 0 Å². The number of hydrogen-bond acceptors (Lipinski definition) is 2. The molecule has 0 aromatic carbocycles. The minimum Gasteiger partial charge on any atom is -0.481 e. The van der Waals surface area contributed by atoms with Crippen LogP contribution in [0.25, 0.3) is 0 Å². The maximum absolute atomic E-state index is 11.8. The quantitative estimate of drug-likeness (QED) is 0.729. The van der Waals surface area contributed by atoms with Crippen molar-refractivity contribution in [1.29, 1.82) is 0 Å². The van der Waals surface area contributed by atoms with Gasteiger partial charge in [0.2, 0.25) is 5.91 Å². The standard InChI is InChI=1S/C12H16N2O3/c1-12(2)8(9(12)11(16)17)10(15)14-6-7-3-4-13-5-7/h3-5,8-9,13H,6H2,1-2H3,(H,14,15)(H,16,17). The summed E-state index contributed by atoms with van der Waals surface area (Å²) >= 11 is 0. The second kappa shape index (κ2) is 3.91. The van der Waals surface area contributed by atoms with E-state index in [0.717, 1.165) is 5.56 Å². The Hall–Kier alpha value is -1.78. The molecular weight excluding hydrogens is 220 g/mol. The van der Waals surface area contributed by atoms with E-state index in [-0.39, 0.29) is 5.91 Å². The number of carboxylic acids is 1. The molecule has 0 spiro atoms. The highest BCUT2D eigenvalue weighted by Gasteiger charge is 2.65. The summed E-state index contributed by atoms with van der Waals surface area (Å²) in [6.45, 7) is 4.06. The SMILES string of the molecule is CC1(C)C(C(=O)O)C1C(=O)NCc1cc[nH]c1. The zero-order valence-electron chi connectivity index (χ0n) is 9.86. The summed E-state index contributed by atoms with van der Waals surface area (Å²) in [6, 6.07) is 1.87. The van der Waals surface area contributed by atoms with Crippen LogP contribution in [-0.2, 0) is 16.1 Å². The molecule has 5 heteroatoms. The van der Waals surface area contributed by atoms with Gasteiger partial charge in [0, 0.05) is 18.9 Å². The predicted molar refractivity (Wildman–Crippen MR) is 61.0 cm³/mol. The monoisotopic (exact) mass is 236 g/mol. The summed E-state index contributed by atoms with van der Waals surface area (Å²) in [5.41, 5.74) is 0.539. The second-order valence-corrected chi connectivity index (χ2v) is 5.05. The summed E-state index contributed by atoms with van der Waals surface area (Å²) in [5, 5.41) is 11.7. The Labute approximate surface area is 99.2 Å². The van der Waals surface area contributed by atoms with Crippen molar-refractivity contribution in [2.45, 2.75) is 20.4 Å². The van der Waals surface area contributed by atoms with Crippen LogP contribution in [0.15, 0.2) is 18.5 Å². The van der Waals surface area contributed by atoms with E-state index in [1.807, 2.05) is 19.9 Å². The molecule has 1 aliphatic carbocycles. The molecule has 2 atom stereocenters. The van der Waals surface area contributed by atoms with Crippen LogP contribution in [0.4, 0.5) is 0 Å². The van der Waals surface area contributed by atoms with Gasteiger partial charge in [-0.3, -0.25) is 9.59 Å². The molecule has 5 nitrogen and oxygen atoms in total. The van der Waals surface area contributed by atoms with E-state index in [0.29, 0.717) is 6.54 Å². The largest absolute Gasteiger partial charge is 0.481 e. The van der Waals surface area contributed by atoms with E-state index in [4.69, 9.17) is 5.11 Å². The van der Waals surface area contributed by atoms with Crippen LogP contribution < -0.4 is 5.32 Å². The van der Waals surface area contributed by atoms with E-state index in [2.05, 4.69) is 10.3 Å². The summed E-state index contributed by atoms with van der Waals surface area (Å²) in [7, 11) is 0.